The van der Waals surface area contributed by atoms with E-state index >= 15 is 0 Å². The Kier molecular flexibility index (Phi) is 12.4. The van der Waals surface area contributed by atoms with Gasteiger partial charge in [0.1, 0.15) is 0 Å². The van der Waals surface area contributed by atoms with Crippen molar-refractivity contribution in [3.05, 3.63) is 47.6 Å². The van der Waals surface area contributed by atoms with Crippen molar-refractivity contribution in [1.29, 1.82) is 0 Å². The maximum atomic E-state index is 3.67. The van der Waals surface area contributed by atoms with E-state index in [9.17, 15) is 0 Å². The van der Waals surface area contributed by atoms with Crippen LogP contribution in [-0.4, -0.2) is 0 Å². The molecular formula is C28H42Cl2Zr. The van der Waals surface area contributed by atoms with Gasteiger partial charge in [0.25, 0.3) is 0 Å². The van der Waals surface area contributed by atoms with Crippen molar-refractivity contribution in [2.45, 2.75) is 106 Å². The minimum Gasteiger partial charge on any atom is -1.00 e. The van der Waals surface area contributed by atoms with Crippen LogP contribution >= 0.6 is 0 Å². The van der Waals surface area contributed by atoms with Gasteiger partial charge in [-0.15, -0.1) is 0 Å². The smallest absolute Gasteiger partial charge is 1.00 e. The molecular weight excluding hydrogens is 498 g/mol. The van der Waals surface area contributed by atoms with E-state index in [4.69, 9.17) is 0 Å². The summed E-state index contributed by atoms with van der Waals surface area (Å²) in [5.41, 5.74) is 4.13. The summed E-state index contributed by atoms with van der Waals surface area (Å²) in [6, 6.07) is 0. The third-order valence-corrected chi connectivity index (χ3v) is 8.93. The Balaban J connectivity index is 0.000000529. The summed E-state index contributed by atoms with van der Waals surface area (Å²) in [5, 5.41) is 0. The molecule has 0 aromatic carbocycles. The SMILES string of the molecule is CCC1(C2(C)[C-]=C(C)C=C2)CCCC1.CCC1(C2(C)[C-]=C(C)C=C2)CCCC1.[Cl-].[Cl-].[Zr+4]. The second-order valence-electron chi connectivity index (χ2n) is 10.4. The standard InChI is InChI=1S/2C14H21.2ClH.Zr/c2*1-4-14(8-5-6-9-14)13(3)10-7-12(2)11-13;;;/h2*7,10H,4-6,8-9H2,1-3H3;2*1H;/q2*-1;;;+4/p-2. The van der Waals surface area contributed by atoms with Crippen molar-refractivity contribution in [1.82, 2.24) is 0 Å². The van der Waals surface area contributed by atoms with Crippen molar-refractivity contribution < 1.29 is 51.0 Å². The monoisotopic (exact) mass is 538 g/mol. The van der Waals surface area contributed by atoms with Crippen molar-refractivity contribution in [3.8, 4) is 0 Å². The molecule has 31 heavy (non-hydrogen) atoms. The van der Waals surface area contributed by atoms with Crippen LogP contribution in [0.15, 0.2) is 35.5 Å². The maximum absolute atomic E-state index is 3.67. The van der Waals surface area contributed by atoms with Crippen LogP contribution < -0.4 is 24.8 Å². The Morgan fingerprint density at radius 3 is 1.16 bits per heavy atom. The van der Waals surface area contributed by atoms with Gasteiger partial charge >= 0.3 is 26.2 Å². The predicted molar refractivity (Wildman–Crippen MR) is 122 cm³/mol. The van der Waals surface area contributed by atoms with E-state index in [2.05, 4.69) is 78.0 Å². The molecule has 0 radical (unpaired) electrons. The van der Waals surface area contributed by atoms with Gasteiger partial charge < -0.3 is 24.8 Å². The van der Waals surface area contributed by atoms with Crippen LogP contribution in [-0.2, 0) is 26.2 Å². The molecule has 0 aliphatic heterocycles. The number of rotatable bonds is 4. The number of hydrogen-bond acceptors (Lipinski definition) is 0. The van der Waals surface area contributed by atoms with E-state index in [1.54, 1.807) is 0 Å². The van der Waals surface area contributed by atoms with Crippen LogP contribution in [0.1, 0.15) is 106 Å². The summed E-state index contributed by atoms with van der Waals surface area (Å²) < 4.78 is 0. The summed E-state index contributed by atoms with van der Waals surface area (Å²) in [4.78, 5) is 0. The topological polar surface area (TPSA) is 0 Å². The average molecular weight is 541 g/mol. The third kappa shape index (κ3) is 5.92. The molecule has 2 atom stereocenters. The Morgan fingerprint density at radius 1 is 0.677 bits per heavy atom. The molecule has 0 saturated heterocycles. The zero-order valence-electron chi connectivity index (χ0n) is 20.6. The van der Waals surface area contributed by atoms with Gasteiger partial charge in [0.15, 0.2) is 0 Å². The zero-order chi connectivity index (χ0) is 20.5. The molecule has 4 aliphatic carbocycles. The van der Waals surface area contributed by atoms with E-state index in [-0.39, 0.29) is 61.8 Å². The molecule has 2 saturated carbocycles. The average Bonchev–Trinajstić information content (AvgIpc) is 3.44. The summed E-state index contributed by atoms with van der Waals surface area (Å²) in [7, 11) is 0. The first-order valence-corrected chi connectivity index (χ1v) is 11.9. The third-order valence-electron chi connectivity index (χ3n) is 8.93. The van der Waals surface area contributed by atoms with Crippen LogP contribution in [0.3, 0.4) is 0 Å². The number of allylic oxidation sites excluding steroid dienone is 8. The Bertz CT molecular complexity index is 630. The fourth-order valence-electron chi connectivity index (χ4n) is 6.77. The molecule has 4 rings (SSSR count). The van der Waals surface area contributed by atoms with Gasteiger partial charge in [-0.3, -0.25) is 12.2 Å². The fourth-order valence-corrected chi connectivity index (χ4v) is 6.77. The number of halogens is 2. The second-order valence-corrected chi connectivity index (χ2v) is 10.4. The Labute approximate surface area is 224 Å². The van der Waals surface area contributed by atoms with E-state index in [1.807, 2.05) is 0 Å². The van der Waals surface area contributed by atoms with Gasteiger partial charge in [-0.1, -0.05) is 90.9 Å². The van der Waals surface area contributed by atoms with Gasteiger partial charge in [0.2, 0.25) is 0 Å². The van der Waals surface area contributed by atoms with Crippen LogP contribution in [0.2, 0.25) is 0 Å². The van der Waals surface area contributed by atoms with Gasteiger partial charge in [-0.05, 0) is 36.5 Å². The first-order chi connectivity index (χ1) is 13.2. The van der Waals surface area contributed by atoms with E-state index in [0.29, 0.717) is 10.8 Å². The van der Waals surface area contributed by atoms with Gasteiger partial charge in [0, 0.05) is 0 Å². The first-order valence-electron chi connectivity index (χ1n) is 11.9. The maximum Gasteiger partial charge on any atom is 4.00 e. The number of hydrogen-bond donors (Lipinski definition) is 0. The molecule has 2 fully saturated rings. The van der Waals surface area contributed by atoms with Crippen LogP contribution in [0.25, 0.3) is 0 Å². The molecule has 3 heteroatoms. The van der Waals surface area contributed by atoms with Gasteiger partial charge in [-0.25, -0.2) is 23.3 Å². The second kappa shape index (κ2) is 12.2. The first kappa shape index (κ1) is 31.4. The zero-order valence-corrected chi connectivity index (χ0v) is 24.6. The molecule has 2 unspecified atom stereocenters. The largest absolute Gasteiger partial charge is 4.00 e. The Hall–Kier alpha value is 0.423. The van der Waals surface area contributed by atoms with Crippen molar-refractivity contribution in [2.24, 2.45) is 21.7 Å². The van der Waals surface area contributed by atoms with E-state index in [0.717, 1.165) is 0 Å². The van der Waals surface area contributed by atoms with Crippen LogP contribution in [0.5, 0.6) is 0 Å². The van der Waals surface area contributed by atoms with Crippen LogP contribution in [0, 0.1) is 33.8 Å². The summed E-state index contributed by atoms with van der Waals surface area (Å²) >= 11 is 0. The van der Waals surface area contributed by atoms with Crippen LogP contribution in [0.4, 0.5) is 0 Å². The van der Waals surface area contributed by atoms with Gasteiger partial charge in [-0.2, -0.15) is 12.2 Å². The quantitative estimate of drug-likeness (QED) is 0.481. The minimum absolute atomic E-state index is 0. The van der Waals surface area contributed by atoms with Crippen molar-refractivity contribution in [2.75, 3.05) is 0 Å². The summed E-state index contributed by atoms with van der Waals surface area (Å²) in [6.45, 7) is 13.8. The molecule has 4 aliphatic rings. The molecule has 172 valence electrons. The molecule has 0 amide bonds. The van der Waals surface area contributed by atoms with E-state index in [1.165, 1.54) is 75.4 Å². The van der Waals surface area contributed by atoms with Crippen molar-refractivity contribution in [3.63, 3.8) is 0 Å². The molecule has 0 heterocycles. The van der Waals surface area contributed by atoms with E-state index < -0.39 is 0 Å². The fraction of sp³-hybridized carbons (Fsp3) is 0.714. The molecule has 0 nitrogen and oxygen atoms in total. The minimum atomic E-state index is 0. The Morgan fingerprint density at radius 2 is 0.968 bits per heavy atom. The molecule has 0 aromatic heterocycles. The van der Waals surface area contributed by atoms with Gasteiger partial charge in [0.05, 0.1) is 0 Å². The predicted octanol–water partition coefficient (Wildman–Crippen LogP) is 2.57. The molecule has 0 spiro atoms. The molecule has 0 bridgehead atoms. The normalized spacial score (nSPS) is 31.5. The molecule has 0 N–H and O–H groups in total. The van der Waals surface area contributed by atoms with Crippen molar-refractivity contribution >= 4 is 0 Å². The summed E-state index contributed by atoms with van der Waals surface area (Å²) in [5.74, 6) is 0. The summed E-state index contributed by atoms with van der Waals surface area (Å²) in [6.07, 6.45) is 30.4. The molecule has 0 aromatic rings.